The predicted octanol–water partition coefficient (Wildman–Crippen LogP) is 2.96. The number of aryl methyl sites for hydroxylation is 1. The predicted molar refractivity (Wildman–Crippen MR) is 79.6 cm³/mol. The number of urea groups is 1. The molecule has 1 aromatic carbocycles. The molecular formula is C16H20N2O3. The first kappa shape index (κ1) is 13.9. The van der Waals surface area contributed by atoms with E-state index in [2.05, 4.69) is 5.32 Å². The van der Waals surface area contributed by atoms with Gasteiger partial charge in [0, 0.05) is 18.8 Å². The molecule has 2 N–H and O–H groups in total. The number of fused-ring (bicyclic) bond motifs is 1. The zero-order chi connectivity index (χ0) is 15.0. The first-order valence-corrected chi connectivity index (χ1v) is 7.44. The van der Waals surface area contributed by atoms with Gasteiger partial charge in [0.25, 0.3) is 0 Å². The molecule has 2 atom stereocenters. The highest BCUT2D eigenvalue weighted by Crippen LogP contribution is 2.37. The van der Waals surface area contributed by atoms with Crippen molar-refractivity contribution in [2.45, 2.75) is 26.2 Å². The monoisotopic (exact) mass is 288 g/mol. The van der Waals surface area contributed by atoms with Crippen molar-refractivity contribution in [1.82, 2.24) is 4.90 Å². The maximum Gasteiger partial charge on any atom is 0.335 e. The minimum atomic E-state index is -0.985. The molecule has 1 saturated heterocycles. The highest BCUT2D eigenvalue weighted by molar-refractivity contribution is 5.94. The third-order valence-electron chi connectivity index (χ3n) is 4.74. The molecule has 0 aromatic heterocycles. The maximum atomic E-state index is 12.3. The summed E-state index contributed by atoms with van der Waals surface area (Å²) < 4.78 is 0. The van der Waals surface area contributed by atoms with E-state index in [0.29, 0.717) is 17.5 Å². The molecule has 112 valence electrons. The van der Waals surface area contributed by atoms with E-state index in [9.17, 15) is 9.59 Å². The molecule has 1 saturated carbocycles. The third-order valence-corrected chi connectivity index (χ3v) is 4.74. The first-order chi connectivity index (χ1) is 10.0. The molecule has 5 nitrogen and oxygen atoms in total. The first-order valence-electron chi connectivity index (χ1n) is 7.44. The molecule has 0 radical (unpaired) electrons. The second-order valence-corrected chi connectivity index (χ2v) is 6.12. The lowest BCUT2D eigenvalue weighted by Gasteiger charge is -2.19. The van der Waals surface area contributed by atoms with Crippen molar-refractivity contribution >= 4 is 17.7 Å². The summed E-state index contributed by atoms with van der Waals surface area (Å²) in [5.74, 6) is 0.325. The fourth-order valence-electron chi connectivity index (χ4n) is 3.48. The maximum absolute atomic E-state index is 12.3. The van der Waals surface area contributed by atoms with E-state index in [4.69, 9.17) is 5.11 Å². The van der Waals surface area contributed by atoms with E-state index in [1.54, 1.807) is 12.1 Å². The van der Waals surface area contributed by atoms with Crippen LogP contribution in [0.3, 0.4) is 0 Å². The van der Waals surface area contributed by atoms with Crippen LogP contribution in [0.25, 0.3) is 0 Å². The largest absolute Gasteiger partial charge is 0.478 e. The highest BCUT2D eigenvalue weighted by atomic mass is 16.4. The molecule has 2 amide bonds. The van der Waals surface area contributed by atoms with Crippen LogP contribution in [0.1, 0.15) is 35.2 Å². The Hall–Kier alpha value is -2.04. The molecule has 3 rings (SSSR count). The number of aromatic carboxylic acids is 1. The van der Waals surface area contributed by atoms with E-state index in [0.717, 1.165) is 18.7 Å². The normalized spacial score (nSPS) is 24.0. The van der Waals surface area contributed by atoms with Crippen LogP contribution in [-0.2, 0) is 0 Å². The highest BCUT2D eigenvalue weighted by Gasteiger charge is 2.38. The molecule has 0 bridgehead atoms. The summed E-state index contributed by atoms with van der Waals surface area (Å²) in [6.07, 6.45) is 3.73. The summed E-state index contributed by atoms with van der Waals surface area (Å²) in [7, 11) is 0. The number of anilines is 1. The van der Waals surface area contributed by atoms with Crippen LogP contribution in [0.15, 0.2) is 18.2 Å². The van der Waals surface area contributed by atoms with Gasteiger partial charge in [-0.05, 0) is 49.3 Å². The lowest BCUT2D eigenvalue weighted by atomic mass is 10.0. The Bertz CT molecular complexity index is 573. The van der Waals surface area contributed by atoms with Gasteiger partial charge in [-0.1, -0.05) is 12.5 Å². The van der Waals surface area contributed by atoms with Crippen molar-refractivity contribution in [3.8, 4) is 0 Å². The summed E-state index contributed by atoms with van der Waals surface area (Å²) in [6, 6.07) is 4.67. The minimum absolute atomic E-state index is 0.116. The van der Waals surface area contributed by atoms with Gasteiger partial charge in [0.2, 0.25) is 0 Å². The van der Waals surface area contributed by atoms with Gasteiger partial charge in [-0.3, -0.25) is 0 Å². The molecule has 1 aliphatic heterocycles. The molecule has 1 heterocycles. The van der Waals surface area contributed by atoms with Crippen LogP contribution < -0.4 is 5.32 Å². The number of carbonyl (C=O) groups is 2. The summed E-state index contributed by atoms with van der Waals surface area (Å²) >= 11 is 0. The van der Waals surface area contributed by atoms with Gasteiger partial charge in [-0.2, -0.15) is 0 Å². The number of hydrogen-bond acceptors (Lipinski definition) is 2. The number of rotatable bonds is 2. The van der Waals surface area contributed by atoms with E-state index in [1.807, 2.05) is 11.8 Å². The average molecular weight is 288 g/mol. The zero-order valence-electron chi connectivity index (χ0n) is 12.1. The second kappa shape index (κ2) is 5.39. The van der Waals surface area contributed by atoms with Crippen LogP contribution in [0.4, 0.5) is 10.5 Å². The molecule has 21 heavy (non-hydrogen) atoms. The molecule has 2 fully saturated rings. The number of likely N-dealkylation sites (tertiary alicyclic amines) is 1. The van der Waals surface area contributed by atoms with Gasteiger partial charge in [-0.15, -0.1) is 0 Å². The number of benzene rings is 1. The second-order valence-electron chi connectivity index (χ2n) is 6.12. The number of carboxylic acids is 1. The van der Waals surface area contributed by atoms with Crippen molar-refractivity contribution in [3.63, 3.8) is 0 Å². The molecular weight excluding hydrogens is 268 g/mol. The fraction of sp³-hybridized carbons (Fsp3) is 0.500. The summed E-state index contributed by atoms with van der Waals surface area (Å²) in [4.78, 5) is 25.2. The number of carbonyl (C=O) groups excluding carboxylic acids is 1. The van der Waals surface area contributed by atoms with Gasteiger partial charge in [0.15, 0.2) is 0 Å². The SMILES string of the molecule is Cc1ccc(C(=O)O)cc1NC(=O)N1CC2CCCC2C1. The van der Waals surface area contributed by atoms with Gasteiger partial charge in [0.05, 0.1) is 5.56 Å². The molecule has 1 aliphatic carbocycles. The third kappa shape index (κ3) is 2.73. The zero-order valence-corrected chi connectivity index (χ0v) is 12.1. The van der Waals surface area contributed by atoms with Crippen LogP contribution in [-0.4, -0.2) is 35.1 Å². The lowest BCUT2D eigenvalue weighted by Crippen LogP contribution is -2.33. The number of nitrogens with zero attached hydrogens (tertiary/aromatic N) is 1. The fourth-order valence-corrected chi connectivity index (χ4v) is 3.48. The van der Waals surface area contributed by atoms with Gasteiger partial charge >= 0.3 is 12.0 Å². The topological polar surface area (TPSA) is 69.6 Å². The number of amides is 2. The summed E-state index contributed by atoms with van der Waals surface area (Å²) in [6.45, 7) is 3.52. The van der Waals surface area contributed by atoms with Crippen molar-refractivity contribution in [3.05, 3.63) is 29.3 Å². The smallest absolute Gasteiger partial charge is 0.335 e. The lowest BCUT2D eigenvalue weighted by molar-refractivity contribution is 0.0697. The standard InChI is InChI=1S/C16H20N2O3/c1-10-5-6-11(15(19)20)7-14(10)17-16(21)18-8-12-3-2-4-13(12)9-18/h5-7,12-13H,2-4,8-9H2,1H3,(H,17,21)(H,19,20). The van der Waals surface area contributed by atoms with E-state index in [1.165, 1.54) is 25.3 Å². The van der Waals surface area contributed by atoms with E-state index >= 15 is 0 Å². The molecule has 1 aromatic rings. The number of hydrogen-bond donors (Lipinski definition) is 2. The Morgan fingerprint density at radius 1 is 1.24 bits per heavy atom. The van der Waals surface area contributed by atoms with Crippen molar-refractivity contribution in [2.75, 3.05) is 18.4 Å². The Kier molecular flexibility index (Phi) is 3.57. The Morgan fingerprint density at radius 2 is 1.90 bits per heavy atom. The van der Waals surface area contributed by atoms with E-state index in [-0.39, 0.29) is 11.6 Å². The minimum Gasteiger partial charge on any atom is -0.478 e. The van der Waals surface area contributed by atoms with Crippen LogP contribution >= 0.6 is 0 Å². The Morgan fingerprint density at radius 3 is 2.52 bits per heavy atom. The quantitative estimate of drug-likeness (QED) is 0.879. The average Bonchev–Trinajstić information content (AvgIpc) is 3.01. The van der Waals surface area contributed by atoms with Gasteiger partial charge in [-0.25, -0.2) is 9.59 Å². The van der Waals surface area contributed by atoms with Crippen LogP contribution in [0.5, 0.6) is 0 Å². The van der Waals surface area contributed by atoms with Crippen LogP contribution in [0, 0.1) is 18.8 Å². The van der Waals surface area contributed by atoms with Crippen molar-refractivity contribution in [2.24, 2.45) is 11.8 Å². The summed E-state index contributed by atoms with van der Waals surface area (Å²) in [5, 5.41) is 11.9. The molecule has 2 unspecified atom stereocenters. The van der Waals surface area contributed by atoms with Crippen molar-refractivity contribution < 1.29 is 14.7 Å². The molecule has 5 heteroatoms. The Balaban J connectivity index is 1.70. The van der Waals surface area contributed by atoms with Crippen LogP contribution in [0.2, 0.25) is 0 Å². The van der Waals surface area contributed by atoms with E-state index < -0.39 is 5.97 Å². The number of carboxylic acid groups (broad SMARTS) is 1. The molecule has 0 spiro atoms. The van der Waals surface area contributed by atoms with Crippen molar-refractivity contribution in [1.29, 1.82) is 0 Å². The number of nitrogens with one attached hydrogen (secondary N) is 1. The van der Waals surface area contributed by atoms with Gasteiger partial charge in [0.1, 0.15) is 0 Å². The van der Waals surface area contributed by atoms with Gasteiger partial charge < -0.3 is 15.3 Å². The molecule has 2 aliphatic rings. The summed E-state index contributed by atoms with van der Waals surface area (Å²) in [5.41, 5.74) is 1.64. The Labute approximate surface area is 123 Å².